The van der Waals surface area contributed by atoms with Crippen LogP contribution in [0.3, 0.4) is 0 Å². The third kappa shape index (κ3) is 4.08. The maximum Gasteiger partial charge on any atom is 0.269 e. The summed E-state index contributed by atoms with van der Waals surface area (Å²) in [5.74, 6) is -0.0345. The summed E-state index contributed by atoms with van der Waals surface area (Å²) in [7, 11) is 0. The van der Waals surface area contributed by atoms with Crippen molar-refractivity contribution in [2.45, 2.75) is 6.92 Å². The first-order valence-electron chi connectivity index (χ1n) is 8.56. The van der Waals surface area contributed by atoms with Gasteiger partial charge >= 0.3 is 0 Å². The van der Waals surface area contributed by atoms with Crippen molar-refractivity contribution in [3.63, 3.8) is 0 Å². The predicted octanol–water partition coefficient (Wildman–Crippen LogP) is 3.27. The normalized spacial score (nSPS) is 14.7. The van der Waals surface area contributed by atoms with Gasteiger partial charge in [0.2, 0.25) is 5.91 Å². The molecule has 0 aliphatic carbocycles. The van der Waals surface area contributed by atoms with E-state index in [0.29, 0.717) is 13.1 Å². The van der Waals surface area contributed by atoms with E-state index in [1.165, 1.54) is 29.5 Å². The summed E-state index contributed by atoms with van der Waals surface area (Å²) in [6.07, 6.45) is 3.23. The molecule has 0 spiro atoms. The molecule has 1 amide bonds. The average Bonchev–Trinajstić information content (AvgIpc) is 2.67. The van der Waals surface area contributed by atoms with Crippen LogP contribution in [0.25, 0.3) is 6.08 Å². The molecule has 0 radical (unpaired) electrons. The molecule has 0 aromatic heterocycles. The molecule has 0 bridgehead atoms. The lowest BCUT2D eigenvalue weighted by Gasteiger charge is -2.36. The molecule has 134 valence electrons. The lowest BCUT2D eigenvalue weighted by atomic mass is 10.1. The van der Waals surface area contributed by atoms with E-state index in [0.717, 1.165) is 18.7 Å². The maximum atomic E-state index is 12.4. The Kier molecular flexibility index (Phi) is 5.31. The Labute approximate surface area is 152 Å². The van der Waals surface area contributed by atoms with E-state index in [4.69, 9.17) is 0 Å². The molecule has 0 atom stereocenters. The van der Waals surface area contributed by atoms with Crippen LogP contribution in [0.5, 0.6) is 0 Å². The zero-order valence-corrected chi connectivity index (χ0v) is 14.7. The number of nitrogens with zero attached hydrogens (tertiary/aromatic N) is 3. The quantitative estimate of drug-likeness (QED) is 0.482. The number of para-hydroxylation sites is 1. The second-order valence-electron chi connectivity index (χ2n) is 6.28. The number of benzene rings is 2. The van der Waals surface area contributed by atoms with E-state index in [1.807, 2.05) is 17.0 Å². The molecule has 6 heteroatoms. The molecular formula is C20H21N3O3. The topological polar surface area (TPSA) is 66.7 Å². The molecule has 2 aromatic rings. The molecule has 1 saturated heterocycles. The summed E-state index contributed by atoms with van der Waals surface area (Å²) in [5.41, 5.74) is 3.27. The number of non-ortho nitro benzene ring substituents is 1. The predicted molar refractivity (Wildman–Crippen MR) is 102 cm³/mol. The highest BCUT2D eigenvalue weighted by Crippen LogP contribution is 2.21. The fourth-order valence-electron chi connectivity index (χ4n) is 3.07. The van der Waals surface area contributed by atoms with Gasteiger partial charge in [-0.15, -0.1) is 0 Å². The molecule has 0 N–H and O–H groups in total. The van der Waals surface area contributed by atoms with Gasteiger partial charge in [0.25, 0.3) is 5.69 Å². The Hall–Kier alpha value is -3.15. The lowest BCUT2D eigenvalue weighted by Crippen LogP contribution is -2.48. The summed E-state index contributed by atoms with van der Waals surface area (Å²) in [4.78, 5) is 26.7. The van der Waals surface area contributed by atoms with Crippen LogP contribution >= 0.6 is 0 Å². The van der Waals surface area contributed by atoms with Crippen LogP contribution in [0.15, 0.2) is 54.6 Å². The van der Waals surface area contributed by atoms with Crippen LogP contribution in [0, 0.1) is 17.0 Å². The zero-order chi connectivity index (χ0) is 18.5. The molecule has 0 unspecified atom stereocenters. The number of rotatable bonds is 4. The minimum Gasteiger partial charge on any atom is -0.368 e. The van der Waals surface area contributed by atoms with Gasteiger partial charge in [0, 0.05) is 50.1 Å². The van der Waals surface area contributed by atoms with Crippen molar-refractivity contribution in [1.29, 1.82) is 0 Å². The molecule has 1 fully saturated rings. The zero-order valence-electron chi connectivity index (χ0n) is 14.7. The Morgan fingerprint density at radius 3 is 2.31 bits per heavy atom. The number of piperazine rings is 1. The van der Waals surface area contributed by atoms with Crippen LogP contribution in [0.2, 0.25) is 0 Å². The molecule has 1 aliphatic rings. The molecule has 1 heterocycles. The fraction of sp³-hybridized carbons (Fsp3) is 0.250. The van der Waals surface area contributed by atoms with Crippen molar-refractivity contribution < 1.29 is 9.72 Å². The van der Waals surface area contributed by atoms with Crippen molar-refractivity contribution >= 4 is 23.4 Å². The van der Waals surface area contributed by atoms with Crippen LogP contribution in [-0.2, 0) is 4.79 Å². The van der Waals surface area contributed by atoms with Gasteiger partial charge in [0.1, 0.15) is 0 Å². The third-order valence-corrected chi connectivity index (χ3v) is 4.57. The number of nitro groups is 1. The Morgan fingerprint density at radius 2 is 1.69 bits per heavy atom. The average molecular weight is 351 g/mol. The van der Waals surface area contributed by atoms with Crippen molar-refractivity contribution in [2.75, 3.05) is 31.1 Å². The Morgan fingerprint density at radius 1 is 1.04 bits per heavy atom. The van der Waals surface area contributed by atoms with Crippen LogP contribution in [0.4, 0.5) is 11.4 Å². The van der Waals surface area contributed by atoms with E-state index in [2.05, 4.69) is 24.0 Å². The Balaban J connectivity index is 1.56. The largest absolute Gasteiger partial charge is 0.368 e. The smallest absolute Gasteiger partial charge is 0.269 e. The summed E-state index contributed by atoms with van der Waals surface area (Å²) in [6.45, 7) is 5.07. The van der Waals surface area contributed by atoms with Gasteiger partial charge < -0.3 is 9.80 Å². The van der Waals surface area contributed by atoms with Crippen molar-refractivity contribution in [3.8, 4) is 0 Å². The SMILES string of the molecule is Cc1ccccc1N1CCN(C(=O)/C=C/c2ccc([N+](=O)[O-])cc2)CC1. The molecule has 1 aliphatic heterocycles. The van der Waals surface area contributed by atoms with Crippen molar-refractivity contribution in [2.24, 2.45) is 0 Å². The number of aryl methyl sites for hydroxylation is 1. The highest BCUT2D eigenvalue weighted by Gasteiger charge is 2.20. The summed E-state index contributed by atoms with van der Waals surface area (Å²) in [6, 6.07) is 14.4. The standard InChI is InChI=1S/C20H21N3O3/c1-16-4-2-3-5-19(16)21-12-14-22(15-13-21)20(24)11-8-17-6-9-18(10-7-17)23(25)26/h2-11H,12-15H2,1H3/b11-8+. The van der Waals surface area contributed by atoms with Gasteiger partial charge in [-0.3, -0.25) is 14.9 Å². The molecular weight excluding hydrogens is 330 g/mol. The van der Waals surface area contributed by atoms with Crippen LogP contribution < -0.4 is 4.90 Å². The maximum absolute atomic E-state index is 12.4. The first-order valence-corrected chi connectivity index (χ1v) is 8.56. The van der Waals surface area contributed by atoms with E-state index in [-0.39, 0.29) is 11.6 Å². The number of hydrogen-bond donors (Lipinski definition) is 0. The lowest BCUT2D eigenvalue weighted by molar-refractivity contribution is -0.384. The van der Waals surface area contributed by atoms with E-state index in [9.17, 15) is 14.9 Å². The fourth-order valence-corrected chi connectivity index (χ4v) is 3.07. The first kappa shape index (κ1) is 17.7. The number of carbonyl (C=O) groups is 1. The van der Waals surface area contributed by atoms with Crippen molar-refractivity contribution in [1.82, 2.24) is 4.90 Å². The van der Waals surface area contributed by atoms with Gasteiger partial charge in [-0.1, -0.05) is 18.2 Å². The second kappa shape index (κ2) is 7.82. The Bertz CT molecular complexity index is 822. The highest BCUT2D eigenvalue weighted by atomic mass is 16.6. The molecule has 3 rings (SSSR count). The molecule has 6 nitrogen and oxygen atoms in total. The van der Waals surface area contributed by atoms with E-state index >= 15 is 0 Å². The summed E-state index contributed by atoms with van der Waals surface area (Å²) < 4.78 is 0. The highest BCUT2D eigenvalue weighted by molar-refractivity contribution is 5.92. The first-order chi connectivity index (χ1) is 12.5. The second-order valence-corrected chi connectivity index (χ2v) is 6.28. The van der Waals surface area contributed by atoms with Gasteiger partial charge in [-0.2, -0.15) is 0 Å². The number of anilines is 1. The van der Waals surface area contributed by atoms with Crippen LogP contribution in [-0.4, -0.2) is 41.9 Å². The summed E-state index contributed by atoms with van der Waals surface area (Å²) >= 11 is 0. The molecule has 26 heavy (non-hydrogen) atoms. The number of hydrogen-bond acceptors (Lipinski definition) is 4. The minimum atomic E-state index is -0.438. The minimum absolute atomic E-state index is 0.0345. The number of nitro benzene ring substituents is 1. The monoisotopic (exact) mass is 351 g/mol. The third-order valence-electron chi connectivity index (χ3n) is 4.57. The van der Waals surface area contributed by atoms with Gasteiger partial charge in [0.15, 0.2) is 0 Å². The van der Waals surface area contributed by atoms with Gasteiger partial charge in [-0.05, 0) is 42.3 Å². The van der Waals surface area contributed by atoms with Gasteiger partial charge in [0.05, 0.1) is 4.92 Å². The van der Waals surface area contributed by atoms with Gasteiger partial charge in [-0.25, -0.2) is 0 Å². The van der Waals surface area contributed by atoms with Crippen LogP contribution in [0.1, 0.15) is 11.1 Å². The number of carbonyl (C=O) groups excluding carboxylic acids is 1. The number of amides is 1. The van der Waals surface area contributed by atoms with E-state index < -0.39 is 4.92 Å². The molecule has 2 aromatic carbocycles. The van der Waals surface area contributed by atoms with Crippen molar-refractivity contribution in [3.05, 3.63) is 75.8 Å². The van der Waals surface area contributed by atoms with E-state index in [1.54, 1.807) is 18.2 Å². The molecule has 0 saturated carbocycles. The summed E-state index contributed by atoms with van der Waals surface area (Å²) in [5, 5.41) is 10.7.